The van der Waals surface area contributed by atoms with Crippen LogP contribution in [-0.2, 0) is 26.2 Å². The van der Waals surface area contributed by atoms with Crippen LogP contribution >= 0.6 is 0 Å². The molecule has 166 valence electrons. The number of sulfonamides is 2. The first-order valence-corrected chi connectivity index (χ1v) is 11.6. The van der Waals surface area contributed by atoms with Gasteiger partial charge < -0.3 is 0 Å². The molecule has 0 radical (unpaired) electrons. The number of H-pyrrole nitrogens is 1. The van der Waals surface area contributed by atoms with Gasteiger partial charge >= 0.3 is 6.18 Å². The van der Waals surface area contributed by atoms with Crippen LogP contribution in [0.25, 0.3) is 0 Å². The smallest absolute Gasteiger partial charge is 0.281 e. The molecule has 3 N–H and O–H groups in total. The molecule has 0 fully saturated rings. The predicted octanol–water partition coefficient (Wildman–Crippen LogP) is 3.65. The summed E-state index contributed by atoms with van der Waals surface area (Å²) in [5.41, 5.74) is -0.808. The van der Waals surface area contributed by atoms with E-state index in [9.17, 15) is 30.0 Å². The van der Waals surface area contributed by atoms with Crippen molar-refractivity contribution in [3.05, 3.63) is 65.5 Å². The van der Waals surface area contributed by atoms with E-state index in [1.807, 2.05) is 0 Å². The highest BCUT2D eigenvalue weighted by Gasteiger charge is 2.31. The van der Waals surface area contributed by atoms with Gasteiger partial charge in [0.15, 0.2) is 0 Å². The number of nitrogens with zero attached hydrogens (tertiary/aromatic N) is 1. The lowest BCUT2D eigenvalue weighted by Gasteiger charge is -2.13. The number of anilines is 2. The van der Waals surface area contributed by atoms with Crippen molar-refractivity contribution >= 4 is 31.4 Å². The van der Waals surface area contributed by atoms with Crippen LogP contribution in [0.15, 0.2) is 58.3 Å². The zero-order valence-electron chi connectivity index (χ0n) is 16.1. The topological polar surface area (TPSA) is 121 Å². The van der Waals surface area contributed by atoms with Crippen molar-refractivity contribution in [3.63, 3.8) is 0 Å². The van der Waals surface area contributed by atoms with Crippen LogP contribution in [0.5, 0.6) is 0 Å². The molecule has 31 heavy (non-hydrogen) atoms. The maximum Gasteiger partial charge on any atom is 0.416 e. The number of alkyl halides is 3. The Bertz CT molecular complexity index is 1310. The minimum absolute atomic E-state index is 0.0492. The second kappa shape index (κ2) is 7.89. The van der Waals surface area contributed by atoms with Gasteiger partial charge in [0.25, 0.3) is 20.0 Å². The lowest BCUT2D eigenvalue weighted by molar-refractivity contribution is -0.137. The van der Waals surface area contributed by atoms with Gasteiger partial charge in [0.1, 0.15) is 4.90 Å². The third kappa shape index (κ3) is 4.99. The van der Waals surface area contributed by atoms with E-state index in [0.717, 1.165) is 18.2 Å². The van der Waals surface area contributed by atoms with Gasteiger partial charge in [0.2, 0.25) is 0 Å². The molecule has 1 aromatic heterocycles. The van der Waals surface area contributed by atoms with E-state index in [-0.39, 0.29) is 26.9 Å². The maximum atomic E-state index is 12.9. The zero-order chi connectivity index (χ0) is 23.0. The molecular formula is C18H17F3N4O4S2. The predicted molar refractivity (Wildman–Crippen MR) is 108 cm³/mol. The largest absolute Gasteiger partial charge is 0.416 e. The number of aromatic nitrogens is 2. The summed E-state index contributed by atoms with van der Waals surface area (Å²) in [5, 5.41) is 6.37. The van der Waals surface area contributed by atoms with Gasteiger partial charge in [-0.25, -0.2) is 16.8 Å². The molecule has 0 amide bonds. The van der Waals surface area contributed by atoms with E-state index in [1.165, 1.54) is 38.1 Å². The third-order valence-electron chi connectivity index (χ3n) is 4.17. The molecule has 0 spiro atoms. The maximum absolute atomic E-state index is 12.9. The summed E-state index contributed by atoms with van der Waals surface area (Å²) in [4.78, 5) is -0.409. The summed E-state index contributed by atoms with van der Waals surface area (Å²) < 4.78 is 93.5. The minimum atomic E-state index is -4.64. The summed E-state index contributed by atoms with van der Waals surface area (Å²) in [5.74, 6) is 0. The number of nitrogens with one attached hydrogen (secondary N) is 3. The van der Waals surface area contributed by atoms with Crippen molar-refractivity contribution in [2.24, 2.45) is 0 Å². The first-order chi connectivity index (χ1) is 14.3. The van der Waals surface area contributed by atoms with Crippen LogP contribution in [-0.4, -0.2) is 27.0 Å². The highest BCUT2D eigenvalue weighted by molar-refractivity contribution is 7.93. The standard InChI is InChI=1S/C18H17F3N4O4S2/c1-11-17(12(2)23-22-11)31(28,29)25-15-7-4-8-16(10-15)30(26,27)24-14-6-3-5-13(9-14)18(19,20)21/h3-10,24-25H,1-2H3,(H,22,23). The molecule has 0 unspecified atom stereocenters. The molecule has 0 aliphatic rings. The summed E-state index contributed by atoms with van der Waals surface area (Å²) in [7, 11) is -8.35. The quantitative estimate of drug-likeness (QED) is 0.504. The molecule has 3 aromatic rings. The van der Waals surface area contributed by atoms with Gasteiger partial charge in [0.05, 0.1) is 27.5 Å². The number of aromatic amines is 1. The van der Waals surface area contributed by atoms with Crippen molar-refractivity contribution in [1.29, 1.82) is 0 Å². The number of rotatable bonds is 6. The lowest BCUT2D eigenvalue weighted by atomic mass is 10.2. The van der Waals surface area contributed by atoms with Crippen LogP contribution in [0.2, 0.25) is 0 Å². The second-order valence-corrected chi connectivity index (χ2v) is 9.88. The Labute approximate surface area is 176 Å². The van der Waals surface area contributed by atoms with Gasteiger partial charge in [-0.3, -0.25) is 14.5 Å². The first-order valence-electron chi connectivity index (χ1n) is 8.64. The van der Waals surface area contributed by atoms with Gasteiger partial charge in [-0.1, -0.05) is 12.1 Å². The van der Waals surface area contributed by atoms with Gasteiger partial charge in [-0.15, -0.1) is 0 Å². The molecule has 13 heteroatoms. The number of halogens is 3. The van der Waals surface area contributed by atoms with Crippen LogP contribution in [0.1, 0.15) is 17.0 Å². The molecule has 3 rings (SSSR count). The molecule has 0 saturated carbocycles. The minimum Gasteiger partial charge on any atom is -0.281 e. The van der Waals surface area contributed by atoms with Crippen molar-refractivity contribution in [3.8, 4) is 0 Å². The normalized spacial score (nSPS) is 12.5. The average Bonchev–Trinajstić information content (AvgIpc) is 3.00. The molecule has 1 heterocycles. The summed E-state index contributed by atoms with van der Waals surface area (Å²) in [6.45, 7) is 3.02. The summed E-state index contributed by atoms with van der Waals surface area (Å²) >= 11 is 0. The summed E-state index contributed by atoms with van der Waals surface area (Å²) in [6.07, 6.45) is -4.64. The number of benzene rings is 2. The molecule has 0 saturated heterocycles. The van der Waals surface area contributed by atoms with E-state index in [1.54, 1.807) is 0 Å². The molecule has 0 atom stereocenters. The molecule has 0 aliphatic carbocycles. The monoisotopic (exact) mass is 474 g/mol. The van der Waals surface area contributed by atoms with Crippen molar-refractivity contribution in [2.75, 3.05) is 9.44 Å². The van der Waals surface area contributed by atoms with E-state index < -0.39 is 31.8 Å². The van der Waals surface area contributed by atoms with E-state index in [0.29, 0.717) is 11.8 Å². The van der Waals surface area contributed by atoms with E-state index >= 15 is 0 Å². The van der Waals surface area contributed by atoms with Gasteiger partial charge in [-0.05, 0) is 50.2 Å². The number of aryl methyl sites for hydroxylation is 2. The fourth-order valence-electron chi connectivity index (χ4n) is 2.84. The van der Waals surface area contributed by atoms with Crippen LogP contribution in [0, 0.1) is 13.8 Å². The lowest BCUT2D eigenvalue weighted by Crippen LogP contribution is -2.16. The van der Waals surface area contributed by atoms with Crippen LogP contribution < -0.4 is 9.44 Å². The van der Waals surface area contributed by atoms with Gasteiger partial charge in [0, 0.05) is 5.69 Å². The van der Waals surface area contributed by atoms with Crippen molar-refractivity contribution < 1.29 is 30.0 Å². The average molecular weight is 474 g/mol. The Morgan fingerprint density at radius 1 is 0.871 bits per heavy atom. The molecule has 0 aliphatic heterocycles. The third-order valence-corrected chi connectivity index (χ3v) is 7.19. The Hall–Kier alpha value is -3.06. The number of hydrogen-bond donors (Lipinski definition) is 3. The molecule has 2 aromatic carbocycles. The van der Waals surface area contributed by atoms with Crippen LogP contribution in [0.3, 0.4) is 0 Å². The van der Waals surface area contributed by atoms with Gasteiger partial charge in [-0.2, -0.15) is 18.3 Å². The first kappa shape index (κ1) is 22.6. The summed E-state index contributed by atoms with van der Waals surface area (Å²) in [6, 6.07) is 8.59. The molecule has 8 nitrogen and oxygen atoms in total. The molecule has 0 bridgehead atoms. The SMILES string of the molecule is Cc1n[nH]c(C)c1S(=O)(=O)Nc1cccc(S(=O)(=O)Nc2cccc(C(F)(F)F)c2)c1. The van der Waals surface area contributed by atoms with Crippen LogP contribution in [0.4, 0.5) is 24.5 Å². The Morgan fingerprint density at radius 3 is 2.03 bits per heavy atom. The molecular weight excluding hydrogens is 457 g/mol. The highest BCUT2D eigenvalue weighted by Crippen LogP contribution is 2.31. The number of hydrogen-bond acceptors (Lipinski definition) is 5. The van der Waals surface area contributed by atoms with E-state index in [2.05, 4.69) is 19.6 Å². The fraction of sp³-hybridized carbons (Fsp3) is 0.167. The van der Waals surface area contributed by atoms with Crippen molar-refractivity contribution in [2.45, 2.75) is 29.8 Å². The highest BCUT2D eigenvalue weighted by atomic mass is 32.2. The zero-order valence-corrected chi connectivity index (χ0v) is 17.8. The Balaban J connectivity index is 1.89. The Kier molecular flexibility index (Phi) is 5.76. The van der Waals surface area contributed by atoms with Crippen molar-refractivity contribution in [1.82, 2.24) is 10.2 Å². The van der Waals surface area contributed by atoms with E-state index in [4.69, 9.17) is 0 Å². The Morgan fingerprint density at radius 2 is 1.45 bits per heavy atom. The fourth-order valence-corrected chi connectivity index (χ4v) is 5.36. The second-order valence-electron chi connectivity index (χ2n) is 6.58.